The van der Waals surface area contributed by atoms with Crippen LogP contribution < -0.4 is 5.32 Å². The van der Waals surface area contributed by atoms with Crippen LogP contribution in [0.4, 0.5) is 4.39 Å². The van der Waals surface area contributed by atoms with Crippen LogP contribution in [-0.2, 0) is 22.7 Å². The summed E-state index contributed by atoms with van der Waals surface area (Å²) in [5.74, 6) is -0.235. The van der Waals surface area contributed by atoms with Gasteiger partial charge in [0.05, 0.1) is 11.6 Å². The summed E-state index contributed by atoms with van der Waals surface area (Å²) in [5.41, 5.74) is 4.44. The number of amides is 1. The fourth-order valence-electron chi connectivity index (χ4n) is 4.24. The monoisotopic (exact) mass is 589 g/mol. The number of hydrogen-bond acceptors (Lipinski definition) is 5. The molecule has 1 atom stereocenters. The number of aryl methyl sites for hydroxylation is 1. The Kier molecular flexibility index (Phi) is 12.1. The van der Waals surface area contributed by atoms with E-state index in [1.54, 1.807) is 30.3 Å². The quantitative estimate of drug-likeness (QED) is 0.178. The first-order valence-electron chi connectivity index (χ1n) is 12.6. The van der Waals surface area contributed by atoms with E-state index in [4.69, 9.17) is 20.8 Å². The molecule has 0 aliphatic heterocycles. The molecule has 0 aliphatic carbocycles. The minimum atomic E-state index is -1.06. The molecule has 0 bridgehead atoms. The van der Waals surface area contributed by atoms with Gasteiger partial charge in [0.2, 0.25) is 0 Å². The molecule has 1 aromatic heterocycles. The molecule has 0 saturated heterocycles. The van der Waals surface area contributed by atoms with E-state index in [9.17, 15) is 19.1 Å². The van der Waals surface area contributed by atoms with Crippen LogP contribution in [-0.4, -0.2) is 53.9 Å². The summed E-state index contributed by atoms with van der Waals surface area (Å²) in [6.45, 7) is 2.42. The molecule has 4 aromatic rings. The van der Waals surface area contributed by atoms with Crippen molar-refractivity contribution in [1.82, 2.24) is 5.32 Å². The Labute approximate surface area is 259 Å². The fraction of sp³-hybridized carbons (Fsp3) is 0.226. The number of ether oxygens (including phenoxy) is 1. The van der Waals surface area contributed by atoms with Gasteiger partial charge in [0, 0.05) is 11.1 Å². The summed E-state index contributed by atoms with van der Waals surface area (Å²) in [6.07, 6.45) is 2.22. The van der Waals surface area contributed by atoms with Crippen molar-refractivity contribution in [2.75, 3.05) is 12.0 Å². The molecule has 1 heterocycles. The summed E-state index contributed by atoms with van der Waals surface area (Å²) in [7, 11) is 0. The van der Waals surface area contributed by atoms with E-state index in [1.165, 1.54) is 23.9 Å². The number of carbonyl (C=O) groups excluding carboxylic acids is 1. The fourth-order valence-corrected chi connectivity index (χ4v) is 4.89. The number of furan rings is 1. The van der Waals surface area contributed by atoms with E-state index in [0.29, 0.717) is 40.4 Å². The molecule has 3 aromatic carbocycles. The molecule has 0 spiro atoms. The van der Waals surface area contributed by atoms with Gasteiger partial charge >= 0.3 is 24.8 Å². The third kappa shape index (κ3) is 8.51. The molecule has 0 fully saturated rings. The number of carbonyl (C=O) groups is 2. The second-order valence-corrected chi connectivity index (χ2v) is 10.6. The molecule has 0 saturated carbocycles. The van der Waals surface area contributed by atoms with Crippen LogP contribution in [0.2, 0.25) is 5.02 Å². The Hall–Kier alpha value is -2.99. The van der Waals surface area contributed by atoms with Gasteiger partial charge in [0.1, 0.15) is 30.0 Å². The summed E-state index contributed by atoms with van der Waals surface area (Å²) in [5, 5.41) is 12.3. The van der Waals surface area contributed by atoms with E-state index in [1.807, 2.05) is 43.5 Å². The van der Waals surface area contributed by atoms with Crippen molar-refractivity contribution in [3.63, 3.8) is 0 Å². The molecule has 41 heavy (non-hydrogen) atoms. The van der Waals surface area contributed by atoms with Gasteiger partial charge in [-0.3, -0.25) is 4.79 Å². The Balaban J connectivity index is 0.00000462. The van der Waals surface area contributed by atoms with Crippen molar-refractivity contribution in [3.8, 4) is 22.5 Å². The number of carboxylic acid groups (broad SMARTS) is 1. The zero-order valence-corrected chi connectivity index (χ0v) is 23.7. The van der Waals surface area contributed by atoms with Crippen molar-refractivity contribution < 1.29 is 28.2 Å². The van der Waals surface area contributed by atoms with Crippen molar-refractivity contribution in [1.29, 1.82) is 0 Å². The van der Waals surface area contributed by atoms with Crippen LogP contribution in [0.25, 0.3) is 22.5 Å². The first-order chi connectivity index (χ1) is 19.3. The maximum atomic E-state index is 13.5. The zero-order chi connectivity index (χ0) is 28.6. The van der Waals surface area contributed by atoms with Gasteiger partial charge < -0.3 is 19.6 Å². The molecule has 2 N–H and O–H groups in total. The van der Waals surface area contributed by atoms with E-state index in [-0.39, 0.29) is 37.1 Å². The number of halogens is 2. The standard InChI is InChI=1S/C31H29ClFNO5S.Li.H/c1-19-5-3-4-6-23(19)25-15-20(7-10-24(25)30(35)34-28(31(36)37)13-14-40-2)17-38-18-22-9-12-29(39-22)21-8-11-27(33)26(32)16-21;;/h3-12,15-16,28H,13-14,17-18H2,1-2H3,(H,34,35)(H,36,37);;. The van der Waals surface area contributed by atoms with E-state index < -0.39 is 23.7 Å². The number of hydrogen-bond donors (Lipinski definition) is 2. The molecule has 210 valence electrons. The average Bonchev–Trinajstić information content (AvgIpc) is 3.41. The first-order valence-corrected chi connectivity index (χ1v) is 14.4. The van der Waals surface area contributed by atoms with Crippen LogP contribution in [0.5, 0.6) is 0 Å². The van der Waals surface area contributed by atoms with E-state index in [0.717, 1.165) is 16.7 Å². The first kappa shape index (κ1) is 32.5. The predicted octanol–water partition coefficient (Wildman–Crippen LogP) is 6.72. The van der Waals surface area contributed by atoms with Crippen LogP contribution in [0.15, 0.2) is 77.2 Å². The van der Waals surface area contributed by atoms with Crippen LogP contribution in [0.3, 0.4) is 0 Å². The van der Waals surface area contributed by atoms with Crippen molar-refractivity contribution in [3.05, 3.63) is 106 Å². The van der Waals surface area contributed by atoms with Crippen molar-refractivity contribution in [2.45, 2.75) is 32.6 Å². The molecule has 0 aliphatic rings. The second-order valence-electron chi connectivity index (χ2n) is 9.23. The average molecular weight is 590 g/mol. The molecular formula is C31H30ClFLiNO5S. The van der Waals surface area contributed by atoms with Gasteiger partial charge in [-0.05, 0) is 90.1 Å². The molecular weight excluding hydrogens is 560 g/mol. The molecule has 4 rings (SSSR count). The predicted molar refractivity (Wildman–Crippen MR) is 163 cm³/mol. The van der Waals surface area contributed by atoms with E-state index >= 15 is 0 Å². The number of thioether (sulfide) groups is 1. The van der Waals surface area contributed by atoms with Gasteiger partial charge in [-0.2, -0.15) is 11.8 Å². The molecule has 0 radical (unpaired) electrons. The maximum absolute atomic E-state index is 13.5. The SMILES string of the molecule is CSCCC(NC(=O)c1ccc(COCc2ccc(-c3ccc(F)c(Cl)c3)o2)cc1-c1ccccc1C)C(=O)O.[LiH]. The second kappa shape index (κ2) is 15.3. The zero-order valence-electron chi connectivity index (χ0n) is 22.1. The molecule has 6 nitrogen and oxygen atoms in total. The number of carboxylic acids is 1. The molecule has 10 heteroatoms. The Bertz CT molecular complexity index is 1510. The van der Waals surface area contributed by atoms with Crippen LogP contribution in [0, 0.1) is 12.7 Å². The number of nitrogens with one attached hydrogen (secondary N) is 1. The van der Waals surface area contributed by atoms with Gasteiger partial charge in [0.25, 0.3) is 5.91 Å². The van der Waals surface area contributed by atoms with E-state index in [2.05, 4.69) is 5.32 Å². The number of aliphatic carboxylic acids is 1. The third-order valence-electron chi connectivity index (χ3n) is 6.36. The van der Waals surface area contributed by atoms with Crippen molar-refractivity contribution in [2.24, 2.45) is 0 Å². The topological polar surface area (TPSA) is 88.8 Å². The Morgan fingerprint density at radius 2 is 1.83 bits per heavy atom. The summed E-state index contributed by atoms with van der Waals surface area (Å²) < 4.78 is 25.2. The number of benzene rings is 3. The van der Waals surface area contributed by atoms with Gasteiger partial charge in [-0.1, -0.05) is 41.9 Å². The minimum absolute atomic E-state index is 0. The summed E-state index contributed by atoms with van der Waals surface area (Å²) in [6, 6.07) is 20.1. The van der Waals surface area contributed by atoms with Crippen molar-refractivity contribution >= 4 is 54.1 Å². The Morgan fingerprint density at radius 1 is 1.05 bits per heavy atom. The van der Waals surface area contributed by atoms with Gasteiger partial charge in [-0.25, -0.2) is 9.18 Å². The normalized spacial score (nSPS) is 11.5. The summed E-state index contributed by atoms with van der Waals surface area (Å²) in [4.78, 5) is 25.0. The van der Waals surface area contributed by atoms with Gasteiger partial charge in [-0.15, -0.1) is 0 Å². The van der Waals surface area contributed by atoms with Gasteiger partial charge in [0.15, 0.2) is 0 Å². The third-order valence-corrected chi connectivity index (χ3v) is 7.29. The van der Waals surface area contributed by atoms with Crippen LogP contribution in [0.1, 0.15) is 33.7 Å². The Morgan fingerprint density at radius 3 is 2.54 bits per heavy atom. The molecule has 1 amide bonds. The van der Waals surface area contributed by atoms with Crippen LogP contribution >= 0.6 is 23.4 Å². The summed E-state index contributed by atoms with van der Waals surface area (Å²) >= 11 is 7.41. The number of rotatable bonds is 12. The molecule has 1 unspecified atom stereocenters.